The van der Waals surface area contributed by atoms with Gasteiger partial charge in [-0.05, 0) is 42.2 Å². The summed E-state index contributed by atoms with van der Waals surface area (Å²) in [6.45, 7) is 1.48. The van der Waals surface area contributed by atoms with Crippen LogP contribution in [0, 0.1) is 0 Å². The molecule has 116 valence electrons. The first-order chi connectivity index (χ1) is 10.8. The van der Waals surface area contributed by atoms with Gasteiger partial charge in [0.2, 0.25) is 5.95 Å². The Morgan fingerprint density at radius 3 is 2.82 bits per heavy atom. The zero-order valence-electron chi connectivity index (χ0n) is 12.1. The number of rotatable bonds is 4. The number of hydrogen-bond donors (Lipinski definition) is 1. The van der Waals surface area contributed by atoms with Crippen molar-refractivity contribution in [2.75, 3.05) is 18.5 Å². The first-order valence-electron chi connectivity index (χ1n) is 7.53. The number of hydrogen-bond acceptors (Lipinski definition) is 6. The second-order valence-electron chi connectivity index (χ2n) is 5.66. The van der Waals surface area contributed by atoms with Crippen LogP contribution < -0.4 is 5.32 Å². The molecular formula is C13H17N7O2. The summed E-state index contributed by atoms with van der Waals surface area (Å²) in [5.74, 6) is 0.0932. The van der Waals surface area contributed by atoms with Gasteiger partial charge in [0.05, 0.1) is 12.1 Å². The van der Waals surface area contributed by atoms with Gasteiger partial charge in [0.25, 0.3) is 5.91 Å². The van der Waals surface area contributed by atoms with Gasteiger partial charge in [-0.3, -0.25) is 14.8 Å². The Morgan fingerprint density at radius 1 is 1.23 bits per heavy atom. The average molecular weight is 303 g/mol. The number of ether oxygens (including phenoxy) is 1. The molecule has 2 aromatic heterocycles. The molecule has 2 fully saturated rings. The highest BCUT2D eigenvalue weighted by Gasteiger charge is 2.28. The van der Waals surface area contributed by atoms with Crippen molar-refractivity contribution in [1.82, 2.24) is 30.0 Å². The van der Waals surface area contributed by atoms with Gasteiger partial charge >= 0.3 is 0 Å². The van der Waals surface area contributed by atoms with Crippen LogP contribution in [0.2, 0.25) is 0 Å². The summed E-state index contributed by atoms with van der Waals surface area (Å²) in [6.07, 6.45) is 5.78. The molecule has 22 heavy (non-hydrogen) atoms. The Balaban J connectivity index is 1.46. The van der Waals surface area contributed by atoms with Crippen LogP contribution in [0.4, 0.5) is 5.95 Å². The van der Waals surface area contributed by atoms with E-state index in [1.165, 1.54) is 0 Å². The molecule has 0 spiro atoms. The molecule has 0 unspecified atom stereocenters. The molecule has 1 saturated carbocycles. The quantitative estimate of drug-likeness (QED) is 0.897. The number of carbonyl (C=O) groups is 1. The third kappa shape index (κ3) is 2.59. The number of aromatic nitrogens is 6. The van der Waals surface area contributed by atoms with Crippen molar-refractivity contribution in [1.29, 1.82) is 0 Å². The lowest BCUT2D eigenvalue weighted by Gasteiger charge is -2.22. The van der Waals surface area contributed by atoms with Crippen molar-refractivity contribution in [3.05, 3.63) is 18.0 Å². The fourth-order valence-electron chi connectivity index (χ4n) is 2.62. The second-order valence-corrected chi connectivity index (χ2v) is 5.66. The van der Waals surface area contributed by atoms with E-state index >= 15 is 0 Å². The van der Waals surface area contributed by atoms with E-state index in [0.717, 1.165) is 38.9 Å². The van der Waals surface area contributed by atoms with Crippen LogP contribution >= 0.6 is 0 Å². The molecule has 0 aromatic carbocycles. The molecule has 0 bridgehead atoms. The van der Waals surface area contributed by atoms with E-state index in [9.17, 15) is 4.79 Å². The minimum atomic E-state index is -0.289. The van der Waals surface area contributed by atoms with Gasteiger partial charge in [-0.2, -0.15) is 5.10 Å². The summed E-state index contributed by atoms with van der Waals surface area (Å²) < 4.78 is 8.85. The Kier molecular flexibility index (Phi) is 3.34. The minimum absolute atomic E-state index is 0.289. The molecule has 2 aromatic rings. The monoisotopic (exact) mass is 303 g/mol. The van der Waals surface area contributed by atoms with Crippen LogP contribution in [0.5, 0.6) is 0 Å². The number of anilines is 1. The summed E-state index contributed by atoms with van der Waals surface area (Å²) in [5.41, 5.74) is 0.372. The number of carbonyl (C=O) groups excluding carboxylic acids is 1. The first-order valence-corrected chi connectivity index (χ1v) is 7.53. The molecule has 9 heteroatoms. The summed E-state index contributed by atoms with van der Waals surface area (Å²) in [4.78, 5) is 12.3. The van der Waals surface area contributed by atoms with E-state index in [2.05, 4.69) is 25.9 Å². The fourth-order valence-corrected chi connectivity index (χ4v) is 2.62. The Labute approximate surface area is 126 Å². The third-order valence-corrected chi connectivity index (χ3v) is 4.02. The van der Waals surface area contributed by atoms with Gasteiger partial charge in [0.1, 0.15) is 0 Å². The van der Waals surface area contributed by atoms with E-state index < -0.39 is 0 Å². The minimum Gasteiger partial charge on any atom is -0.381 e. The summed E-state index contributed by atoms with van der Waals surface area (Å²) in [7, 11) is 0. The van der Waals surface area contributed by atoms with Crippen molar-refractivity contribution in [2.45, 2.75) is 37.8 Å². The van der Waals surface area contributed by atoms with E-state index in [1.54, 1.807) is 10.7 Å². The predicted molar refractivity (Wildman–Crippen MR) is 75.4 cm³/mol. The Hall–Kier alpha value is -2.29. The van der Waals surface area contributed by atoms with E-state index in [-0.39, 0.29) is 5.91 Å². The van der Waals surface area contributed by atoms with Crippen LogP contribution in [0.3, 0.4) is 0 Å². The lowest BCUT2D eigenvalue weighted by Crippen LogP contribution is -2.21. The molecule has 1 amide bonds. The smallest absolute Gasteiger partial charge is 0.278 e. The zero-order valence-corrected chi connectivity index (χ0v) is 12.1. The molecular weight excluding hydrogens is 286 g/mol. The van der Waals surface area contributed by atoms with E-state index in [0.29, 0.717) is 23.7 Å². The lowest BCUT2D eigenvalue weighted by molar-refractivity contribution is 0.0661. The first kappa shape index (κ1) is 13.4. The van der Waals surface area contributed by atoms with Crippen LogP contribution in [0.15, 0.2) is 12.3 Å². The Morgan fingerprint density at radius 2 is 2.05 bits per heavy atom. The third-order valence-electron chi connectivity index (χ3n) is 4.02. The van der Waals surface area contributed by atoms with Crippen molar-refractivity contribution in [2.24, 2.45) is 0 Å². The number of nitrogens with one attached hydrogen (secondary N) is 1. The van der Waals surface area contributed by atoms with Crippen LogP contribution in [-0.4, -0.2) is 49.1 Å². The van der Waals surface area contributed by atoms with Crippen molar-refractivity contribution < 1.29 is 9.53 Å². The Bertz CT molecular complexity index is 669. The normalized spacial score (nSPS) is 19.3. The van der Waals surface area contributed by atoms with Crippen molar-refractivity contribution in [3.63, 3.8) is 0 Å². The molecule has 2 aliphatic rings. The molecule has 1 saturated heterocycles. The molecule has 4 rings (SSSR count). The fraction of sp³-hybridized carbons (Fsp3) is 0.615. The van der Waals surface area contributed by atoms with Crippen LogP contribution in [0.25, 0.3) is 0 Å². The molecule has 0 atom stereocenters. The summed E-state index contributed by atoms with van der Waals surface area (Å²) >= 11 is 0. The molecule has 1 aliphatic heterocycles. The topological polar surface area (TPSA) is 99.8 Å². The molecule has 0 radical (unpaired) electrons. The van der Waals surface area contributed by atoms with E-state index in [1.807, 2.05) is 10.9 Å². The summed E-state index contributed by atoms with van der Waals surface area (Å²) in [6, 6.07) is 2.33. The zero-order chi connectivity index (χ0) is 14.9. The average Bonchev–Trinajstić information content (AvgIpc) is 3.09. The standard InChI is InChI=1S/C13H17N7O2/c21-12(14-13-15-17-18-20(13)10-1-2-10)11-3-6-19(16-11)9-4-7-22-8-5-9/h3,6,9-10H,1-2,4-5,7-8H2,(H,14,15,18,21). The maximum absolute atomic E-state index is 12.3. The molecule has 1 aliphatic carbocycles. The molecule has 9 nitrogen and oxygen atoms in total. The lowest BCUT2D eigenvalue weighted by atomic mass is 10.1. The highest BCUT2D eigenvalue weighted by Crippen LogP contribution is 2.35. The predicted octanol–water partition coefficient (Wildman–Crippen LogP) is 0.808. The number of tetrazole rings is 1. The maximum Gasteiger partial charge on any atom is 0.278 e. The number of nitrogens with zero attached hydrogens (tertiary/aromatic N) is 6. The maximum atomic E-state index is 12.3. The van der Waals surface area contributed by atoms with Crippen LogP contribution in [0.1, 0.15) is 48.3 Å². The summed E-state index contributed by atoms with van der Waals surface area (Å²) in [5, 5.41) is 18.5. The highest BCUT2D eigenvalue weighted by molar-refractivity contribution is 6.01. The second kappa shape index (κ2) is 5.48. The van der Waals surface area contributed by atoms with Crippen LogP contribution in [-0.2, 0) is 4.74 Å². The van der Waals surface area contributed by atoms with E-state index in [4.69, 9.17) is 4.74 Å². The molecule has 3 heterocycles. The van der Waals surface area contributed by atoms with Gasteiger partial charge < -0.3 is 4.74 Å². The van der Waals surface area contributed by atoms with Crippen molar-refractivity contribution in [3.8, 4) is 0 Å². The highest BCUT2D eigenvalue weighted by atomic mass is 16.5. The van der Waals surface area contributed by atoms with Gasteiger partial charge in [-0.1, -0.05) is 5.10 Å². The van der Waals surface area contributed by atoms with Gasteiger partial charge in [0.15, 0.2) is 5.69 Å². The van der Waals surface area contributed by atoms with Crippen molar-refractivity contribution >= 4 is 11.9 Å². The van der Waals surface area contributed by atoms with Gasteiger partial charge in [0, 0.05) is 19.4 Å². The number of amides is 1. The van der Waals surface area contributed by atoms with Gasteiger partial charge in [-0.15, -0.1) is 0 Å². The van der Waals surface area contributed by atoms with Gasteiger partial charge in [-0.25, -0.2) is 4.68 Å². The molecule has 1 N–H and O–H groups in total. The largest absolute Gasteiger partial charge is 0.381 e. The SMILES string of the molecule is O=C(Nc1nnnn1C1CC1)c1ccn(C2CCOCC2)n1.